The van der Waals surface area contributed by atoms with E-state index in [0.717, 1.165) is 45.8 Å². The van der Waals surface area contributed by atoms with Crippen molar-refractivity contribution in [3.8, 4) is 22.3 Å². The molecule has 0 N–H and O–H groups in total. The third kappa shape index (κ3) is 4.92. The zero-order valence-electron chi connectivity index (χ0n) is 19.1. The minimum Gasteiger partial charge on any atom is -0.303 e. The molecule has 5 rings (SSSR count). The third-order valence-electron chi connectivity index (χ3n) is 6.48. The van der Waals surface area contributed by atoms with E-state index >= 15 is 0 Å². The molecule has 3 heterocycles. The molecule has 0 spiro atoms. The molecule has 1 atom stereocenters. The summed E-state index contributed by atoms with van der Waals surface area (Å²) >= 11 is 0. The second kappa shape index (κ2) is 9.98. The van der Waals surface area contributed by atoms with Gasteiger partial charge in [-0.1, -0.05) is 49.7 Å². The average molecular weight is 459 g/mol. The quantitative estimate of drug-likeness (QED) is 0.381. The van der Waals surface area contributed by atoms with E-state index in [0.29, 0.717) is 5.75 Å². The highest BCUT2D eigenvalue weighted by Crippen LogP contribution is 2.27. The predicted molar refractivity (Wildman–Crippen MR) is 135 cm³/mol. The highest BCUT2D eigenvalue weighted by molar-refractivity contribution is 7.85. The molecule has 4 aromatic rings. The summed E-state index contributed by atoms with van der Waals surface area (Å²) in [6, 6.07) is 16.7. The molecule has 1 saturated heterocycles. The lowest BCUT2D eigenvalue weighted by Gasteiger charge is -2.26. The van der Waals surface area contributed by atoms with Crippen molar-refractivity contribution in [1.82, 2.24) is 19.5 Å². The van der Waals surface area contributed by atoms with Gasteiger partial charge in [0, 0.05) is 40.7 Å². The first kappa shape index (κ1) is 22.0. The van der Waals surface area contributed by atoms with Crippen molar-refractivity contribution in [2.45, 2.75) is 37.5 Å². The lowest BCUT2D eigenvalue weighted by atomic mass is 10.0. The largest absolute Gasteiger partial charge is 0.303 e. The minimum absolute atomic E-state index is 0.608. The van der Waals surface area contributed by atoms with Crippen LogP contribution in [0.1, 0.15) is 31.7 Å². The van der Waals surface area contributed by atoms with Crippen LogP contribution in [0.25, 0.3) is 27.9 Å². The van der Waals surface area contributed by atoms with Gasteiger partial charge < -0.3 is 4.90 Å². The van der Waals surface area contributed by atoms with Crippen LogP contribution in [-0.2, 0) is 17.2 Å². The lowest BCUT2D eigenvalue weighted by Crippen LogP contribution is -2.31. The van der Waals surface area contributed by atoms with Gasteiger partial charge >= 0.3 is 0 Å². The second-order valence-corrected chi connectivity index (χ2v) is 10.4. The molecule has 33 heavy (non-hydrogen) atoms. The monoisotopic (exact) mass is 458 g/mol. The summed E-state index contributed by atoms with van der Waals surface area (Å²) in [6.07, 6.45) is 10.9. The van der Waals surface area contributed by atoms with Crippen LogP contribution in [0.4, 0.5) is 0 Å². The van der Waals surface area contributed by atoms with Crippen molar-refractivity contribution < 1.29 is 4.21 Å². The van der Waals surface area contributed by atoms with E-state index in [1.807, 2.05) is 54.3 Å². The number of hydrogen-bond donors (Lipinski definition) is 0. The van der Waals surface area contributed by atoms with Gasteiger partial charge in [-0.05, 0) is 61.2 Å². The first-order valence-corrected chi connectivity index (χ1v) is 13.2. The van der Waals surface area contributed by atoms with Gasteiger partial charge in [-0.25, -0.2) is 9.50 Å². The molecule has 170 valence electrons. The molecule has 1 fully saturated rings. The van der Waals surface area contributed by atoms with E-state index in [1.54, 1.807) is 0 Å². The van der Waals surface area contributed by atoms with Crippen molar-refractivity contribution in [2.75, 3.05) is 25.4 Å². The fraction of sp³-hybridized carbons (Fsp3) is 0.333. The summed E-state index contributed by atoms with van der Waals surface area (Å²) in [5.41, 5.74) is 6.30. The molecule has 5 nitrogen and oxygen atoms in total. The molecule has 1 aliphatic rings. The van der Waals surface area contributed by atoms with Gasteiger partial charge in [-0.2, -0.15) is 5.10 Å². The lowest BCUT2D eigenvalue weighted by molar-refractivity contribution is 0.231. The topological polar surface area (TPSA) is 50.5 Å². The Balaban J connectivity index is 1.34. The Morgan fingerprint density at radius 3 is 2.55 bits per heavy atom. The summed E-state index contributed by atoms with van der Waals surface area (Å²) < 4.78 is 14.0. The Hall–Kier alpha value is -2.83. The van der Waals surface area contributed by atoms with Gasteiger partial charge in [0.1, 0.15) is 0 Å². The Morgan fingerprint density at radius 2 is 1.76 bits per heavy atom. The van der Waals surface area contributed by atoms with Crippen LogP contribution in [0.3, 0.4) is 0 Å². The number of fused-ring (bicyclic) bond motifs is 1. The average Bonchev–Trinajstić information content (AvgIpc) is 3.31. The Labute approximate surface area is 197 Å². The normalized spacial score (nSPS) is 15.7. The molecule has 2 aromatic carbocycles. The van der Waals surface area contributed by atoms with Crippen LogP contribution >= 0.6 is 0 Å². The molecule has 0 bridgehead atoms. The van der Waals surface area contributed by atoms with Crippen LogP contribution in [0.15, 0.2) is 72.0 Å². The van der Waals surface area contributed by atoms with Crippen LogP contribution in [0.2, 0.25) is 0 Å². The summed E-state index contributed by atoms with van der Waals surface area (Å²) in [5.74, 6) is 0.608. The standard InChI is InChI=1S/C27H30N4OS/c1-2-33(32)25-8-6-7-23(17-25)26-19-29-31-20-24(18-28-27(26)31)22-11-9-21(10-12-22)13-16-30-14-4-3-5-15-30/h6-12,17-20H,2-5,13-16H2,1H3. The van der Waals surface area contributed by atoms with Gasteiger partial charge in [0.25, 0.3) is 0 Å². The zero-order valence-corrected chi connectivity index (χ0v) is 19.9. The van der Waals surface area contributed by atoms with E-state index in [-0.39, 0.29) is 0 Å². The van der Waals surface area contributed by atoms with Gasteiger partial charge in [-0.15, -0.1) is 0 Å². The number of hydrogen-bond acceptors (Lipinski definition) is 4. The first-order valence-electron chi connectivity index (χ1n) is 11.8. The van der Waals surface area contributed by atoms with Crippen molar-refractivity contribution in [3.63, 3.8) is 0 Å². The summed E-state index contributed by atoms with van der Waals surface area (Å²) in [6.45, 7) is 5.57. The third-order valence-corrected chi connectivity index (χ3v) is 7.78. The van der Waals surface area contributed by atoms with Gasteiger partial charge in [0.05, 0.1) is 17.0 Å². The maximum Gasteiger partial charge on any atom is 0.162 e. The predicted octanol–water partition coefficient (Wildman–Crippen LogP) is 5.22. The first-order chi connectivity index (χ1) is 16.2. The summed E-state index contributed by atoms with van der Waals surface area (Å²) in [5, 5.41) is 4.55. The maximum absolute atomic E-state index is 12.2. The molecule has 0 saturated carbocycles. The molecule has 2 aromatic heterocycles. The van der Waals surface area contributed by atoms with Crippen molar-refractivity contribution in [1.29, 1.82) is 0 Å². The molecule has 6 heteroatoms. The van der Waals surface area contributed by atoms with Crippen molar-refractivity contribution in [2.24, 2.45) is 0 Å². The fourth-order valence-corrected chi connectivity index (χ4v) is 5.36. The van der Waals surface area contributed by atoms with Gasteiger partial charge in [0.15, 0.2) is 5.65 Å². The molecular formula is C27H30N4OS. The van der Waals surface area contributed by atoms with Crippen LogP contribution in [-0.4, -0.2) is 49.1 Å². The number of piperidine rings is 1. The van der Waals surface area contributed by atoms with Gasteiger partial charge in [0.2, 0.25) is 0 Å². The molecular weight excluding hydrogens is 428 g/mol. The highest BCUT2D eigenvalue weighted by atomic mass is 32.2. The minimum atomic E-state index is -0.980. The summed E-state index contributed by atoms with van der Waals surface area (Å²) in [7, 11) is -0.980. The van der Waals surface area contributed by atoms with E-state index in [4.69, 9.17) is 4.98 Å². The van der Waals surface area contributed by atoms with E-state index in [2.05, 4.69) is 34.3 Å². The van der Waals surface area contributed by atoms with Gasteiger partial charge in [-0.3, -0.25) is 4.21 Å². The fourth-order valence-electron chi connectivity index (χ4n) is 4.53. The van der Waals surface area contributed by atoms with Crippen LogP contribution in [0, 0.1) is 0 Å². The summed E-state index contributed by atoms with van der Waals surface area (Å²) in [4.78, 5) is 8.15. The molecule has 1 unspecified atom stereocenters. The number of benzene rings is 2. The van der Waals surface area contributed by atoms with E-state index in [9.17, 15) is 4.21 Å². The molecule has 0 amide bonds. The van der Waals surface area contributed by atoms with Crippen molar-refractivity contribution in [3.05, 3.63) is 72.7 Å². The number of aromatic nitrogens is 3. The molecule has 1 aliphatic heterocycles. The zero-order chi connectivity index (χ0) is 22.6. The molecule has 0 radical (unpaired) electrons. The van der Waals surface area contributed by atoms with Crippen LogP contribution in [0.5, 0.6) is 0 Å². The molecule has 0 aliphatic carbocycles. The second-order valence-electron chi connectivity index (χ2n) is 8.68. The Morgan fingerprint density at radius 1 is 0.939 bits per heavy atom. The SMILES string of the molecule is CCS(=O)c1cccc(-c2cnn3cc(-c4ccc(CCN5CCCCC5)cc4)cnc23)c1. The maximum atomic E-state index is 12.2. The van der Waals surface area contributed by atoms with Crippen LogP contribution < -0.4 is 0 Å². The highest BCUT2D eigenvalue weighted by Gasteiger charge is 2.12. The van der Waals surface area contributed by atoms with Crippen molar-refractivity contribution >= 4 is 16.4 Å². The Kier molecular flexibility index (Phi) is 6.65. The van der Waals surface area contributed by atoms with E-state index < -0.39 is 10.8 Å². The van der Waals surface area contributed by atoms with E-state index in [1.165, 1.54) is 37.9 Å². The smallest absolute Gasteiger partial charge is 0.162 e. The number of nitrogens with zero attached hydrogens (tertiary/aromatic N) is 4. The Bertz CT molecular complexity index is 1260. The number of rotatable bonds is 7. The number of likely N-dealkylation sites (tertiary alicyclic amines) is 1.